The summed E-state index contributed by atoms with van der Waals surface area (Å²) in [7, 11) is 0. The quantitative estimate of drug-likeness (QED) is 0.878. The number of rotatable bonds is 5. The highest BCUT2D eigenvalue weighted by atomic mass is 16.3. The maximum atomic E-state index is 12.5. The van der Waals surface area contributed by atoms with Crippen LogP contribution in [0.3, 0.4) is 0 Å². The molecule has 2 N–H and O–H groups in total. The molecule has 1 aromatic rings. The lowest BCUT2D eigenvalue weighted by Crippen LogP contribution is -2.52. The Hall–Kier alpha value is -1.78. The fraction of sp³-hybridized carbons (Fsp3) is 0.647. The van der Waals surface area contributed by atoms with Crippen LogP contribution in [0.5, 0.6) is 0 Å². The summed E-state index contributed by atoms with van der Waals surface area (Å²) in [5, 5.41) is 5.87. The molecule has 122 valence electrons. The second-order valence-corrected chi connectivity index (χ2v) is 6.65. The van der Waals surface area contributed by atoms with Crippen molar-refractivity contribution < 1.29 is 14.0 Å². The molecule has 0 spiro atoms. The van der Waals surface area contributed by atoms with E-state index in [1.165, 1.54) is 12.7 Å². The van der Waals surface area contributed by atoms with Crippen LogP contribution in [0.15, 0.2) is 22.8 Å². The zero-order chi connectivity index (χ0) is 16.1. The van der Waals surface area contributed by atoms with Gasteiger partial charge in [-0.25, -0.2) is 0 Å². The van der Waals surface area contributed by atoms with Gasteiger partial charge in [-0.2, -0.15) is 0 Å². The molecule has 3 atom stereocenters. The van der Waals surface area contributed by atoms with Crippen LogP contribution in [0.25, 0.3) is 0 Å². The molecular formula is C17H26N2O3. The predicted octanol–water partition coefficient (Wildman–Crippen LogP) is 2.73. The molecule has 0 bridgehead atoms. The third-order valence-electron chi connectivity index (χ3n) is 4.26. The summed E-state index contributed by atoms with van der Waals surface area (Å²) in [6.07, 6.45) is 5.87. The smallest absolute Gasteiger partial charge is 0.287 e. The van der Waals surface area contributed by atoms with Crippen LogP contribution in [-0.4, -0.2) is 23.9 Å². The van der Waals surface area contributed by atoms with Crippen LogP contribution in [0.4, 0.5) is 0 Å². The molecule has 0 aromatic carbocycles. The maximum absolute atomic E-state index is 12.5. The predicted molar refractivity (Wildman–Crippen MR) is 84.4 cm³/mol. The highest BCUT2D eigenvalue weighted by molar-refractivity contribution is 5.95. The van der Waals surface area contributed by atoms with Crippen molar-refractivity contribution in [3.05, 3.63) is 24.2 Å². The molecule has 0 aliphatic heterocycles. The molecule has 5 nitrogen and oxygen atoms in total. The van der Waals surface area contributed by atoms with Crippen molar-refractivity contribution in [2.75, 3.05) is 0 Å². The molecule has 0 radical (unpaired) electrons. The number of carbonyl (C=O) groups excluding carboxylic acids is 2. The highest BCUT2D eigenvalue weighted by Crippen LogP contribution is 2.23. The summed E-state index contributed by atoms with van der Waals surface area (Å²) in [5.74, 6) is 0.434. The zero-order valence-corrected chi connectivity index (χ0v) is 13.6. The van der Waals surface area contributed by atoms with Crippen molar-refractivity contribution >= 4 is 11.8 Å². The van der Waals surface area contributed by atoms with Gasteiger partial charge in [-0.05, 0) is 36.8 Å². The Kier molecular flexibility index (Phi) is 5.63. The average molecular weight is 306 g/mol. The van der Waals surface area contributed by atoms with E-state index in [-0.39, 0.29) is 29.5 Å². The Labute approximate surface area is 131 Å². The van der Waals surface area contributed by atoms with Crippen molar-refractivity contribution in [3.63, 3.8) is 0 Å². The minimum Gasteiger partial charge on any atom is -0.459 e. The van der Waals surface area contributed by atoms with E-state index in [0.29, 0.717) is 5.92 Å². The van der Waals surface area contributed by atoms with Crippen LogP contribution < -0.4 is 10.6 Å². The molecule has 1 aliphatic rings. The summed E-state index contributed by atoms with van der Waals surface area (Å²) in [4.78, 5) is 24.6. The van der Waals surface area contributed by atoms with Crippen molar-refractivity contribution in [1.82, 2.24) is 10.6 Å². The molecule has 2 rings (SSSR count). The van der Waals surface area contributed by atoms with E-state index in [2.05, 4.69) is 17.6 Å². The number of furan rings is 1. The minimum absolute atomic E-state index is 0.0138. The van der Waals surface area contributed by atoms with Crippen LogP contribution in [0.1, 0.15) is 57.0 Å². The molecule has 1 saturated carbocycles. The van der Waals surface area contributed by atoms with Gasteiger partial charge in [0, 0.05) is 6.04 Å². The first kappa shape index (κ1) is 16.6. The third kappa shape index (κ3) is 4.36. The molecule has 1 heterocycles. The first-order chi connectivity index (χ1) is 10.5. The molecular weight excluding hydrogens is 280 g/mol. The van der Waals surface area contributed by atoms with E-state index >= 15 is 0 Å². The number of carbonyl (C=O) groups is 2. The minimum atomic E-state index is -0.546. The van der Waals surface area contributed by atoms with Crippen LogP contribution in [-0.2, 0) is 4.79 Å². The van der Waals surface area contributed by atoms with Gasteiger partial charge in [0.1, 0.15) is 6.04 Å². The lowest BCUT2D eigenvalue weighted by atomic mass is 9.87. The molecule has 3 unspecified atom stereocenters. The third-order valence-corrected chi connectivity index (χ3v) is 4.26. The fourth-order valence-electron chi connectivity index (χ4n) is 3.01. The number of hydrogen-bond acceptors (Lipinski definition) is 3. The van der Waals surface area contributed by atoms with Crippen LogP contribution in [0.2, 0.25) is 0 Å². The van der Waals surface area contributed by atoms with Crippen LogP contribution in [0, 0.1) is 11.8 Å². The normalized spacial score (nSPS) is 23.1. The van der Waals surface area contributed by atoms with Crippen molar-refractivity contribution in [2.45, 2.75) is 58.5 Å². The lowest BCUT2D eigenvalue weighted by molar-refractivity contribution is -0.125. The zero-order valence-electron chi connectivity index (χ0n) is 13.6. The number of nitrogens with one attached hydrogen (secondary N) is 2. The Bertz CT molecular complexity index is 496. The van der Waals surface area contributed by atoms with E-state index in [9.17, 15) is 9.59 Å². The molecule has 22 heavy (non-hydrogen) atoms. The van der Waals surface area contributed by atoms with Gasteiger partial charge in [-0.1, -0.05) is 33.6 Å². The van der Waals surface area contributed by atoms with Gasteiger partial charge in [0.25, 0.3) is 5.91 Å². The molecule has 2 amide bonds. The van der Waals surface area contributed by atoms with Crippen molar-refractivity contribution in [1.29, 1.82) is 0 Å². The lowest BCUT2D eigenvalue weighted by Gasteiger charge is -2.30. The second kappa shape index (κ2) is 7.47. The summed E-state index contributed by atoms with van der Waals surface area (Å²) in [5.41, 5.74) is 0. The summed E-state index contributed by atoms with van der Waals surface area (Å²) >= 11 is 0. The molecule has 5 heteroatoms. The topological polar surface area (TPSA) is 71.3 Å². The van der Waals surface area contributed by atoms with Gasteiger partial charge in [0.15, 0.2) is 5.76 Å². The first-order valence-corrected chi connectivity index (χ1v) is 8.12. The average Bonchev–Trinajstić information content (AvgIpc) is 2.98. The second-order valence-electron chi connectivity index (χ2n) is 6.65. The van der Waals surface area contributed by atoms with Crippen molar-refractivity contribution in [3.8, 4) is 0 Å². The van der Waals surface area contributed by atoms with E-state index in [0.717, 1.165) is 19.3 Å². The summed E-state index contributed by atoms with van der Waals surface area (Å²) in [6, 6.07) is 2.92. The molecule has 0 saturated heterocycles. The molecule has 1 aromatic heterocycles. The van der Waals surface area contributed by atoms with E-state index < -0.39 is 6.04 Å². The van der Waals surface area contributed by atoms with E-state index in [1.54, 1.807) is 12.1 Å². The monoisotopic (exact) mass is 306 g/mol. The Morgan fingerprint density at radius 2 is 2.09 bits per heavy atom. The highest BCUT2D eigenvalue weighted by Gasteiger charge is 2.28. The van der Waals surface area contributed by atoms with Gasteiger partial charge < -0.3 is 15.1 Å². The maximum Gasteiger partial charge on any atom is 0.287 e. The van der Waals surface area contributed by atoms with Crippen molar-refractivity contribution in [2.24, 2.45) is 11.8 Å². The molecule has 1 fully saturated rings. The standard InChI is InChI=1S/C17H26N2O3/c1-11(2)15(19-16(20)14-8-5-9-22-14)17(21)18-13-7-4-6-12(3)10-13/h5,8-9,11-13,15H,4,6-7,10H2,1-3H3,(H,18,21)(H,19,20). The summed E-state index contributed by atoms with van der Waals surface area (Å²) in [6.45, 7) is 6.07. The number of amides is 2. The Balaban J connectivity index is 1.95. The largest absolute Gasteiger partial charge is 0.459 e. The van der Waals surface area contributed by atoms with Gasteiger partial charge in [-0.3, -0.25) is 9.59 Å². The Morgan fingerprint density at radius 1 is 1.32 bits per heavy atom. The molecule has 1 aliphatic carbocycles. The fourth-order valence-corrected chi connectivity index (χ4v) is 3.01. The van der Waals surface area contributed by atoms with Gasteiger partial charge >= 0.3 is 0 Å². The van der Waals surface area contributed by atoms with Gasteiger partial charge in [0.05, 0.1) is 6.26 Å². The SMILES string of the molecule is CC1CCCC(NC(=O)C(NC(=O)c2ccco2)C(C)C)C1. The van der Waals surface area contributed by atoms with Gasteiger partial charge in [-0.15, -0.1) is 0 Å². The summed E-state index contributed by atoms with van der Waals surface area (Å²) < 4.78 is 5.08. The Morgan fingerprint density at radius 3 is 2.68 bits per heavy atom. The van der Waals surface area contributed by atoms with Crippen LogP contribution >= 0.6 is 0 Å². The number of hydrogen-bond donors (Lipinski definition) is 2. The van der Waals surface area contributed by atoms with E-state index in [1.807, 2.05) is 13.8 Å². The van der Waals surface area contributed by atoms with E-state index in [4.69, 9.17) is 4.42 Å². The first-order valence-electron chi connectivity index (χ1n) is 8.12. The van der Waals surface area contributed by atoms with Gasteiger partial charge in [0.2, 0.25) is 5.91 Å².